The van der Waals surface area contributed by atoms with Crippen LogP contribution >= 0.6 is 0 Å². The van der Waals surface area contributed by atoms with Crippen LogP contribution < -0.4 is 5.32 Å². The lowest BCUT2D eigenvalue weighted by Gasteiger charge is -2.61. The molecule has 238 valence electrons. The first-order valence-electron chi connectivity index (χ1n) is 15.8. The van der Waals surface area contributed by atoms with Gasteiger partial charge in [0.05, 0.1) is 25.9 Å². The number of aliphatic hydroxyl groups excluding tert-OH is 2. The number of amides is 2. The molecule has 3 aliphatic carbocycles. The third-order valence-electron chi connectivity index (χ3n) is 10.5. The molecule has 9 nitrogen and oxygen atoms in total. The summed E-state index contributed by atoms with van der Waals surface area (Å²) in [6, 6.07) is 14.4. The number of benzene rings is 2. The maximum absolute atomic E-state index is 13.7. The Morgan fingerprint density at radius 1 is 1.18 bits per heavy atom. The molecule has 2 amide bonds. The molecule has 2 aromatic rings. The smallest absolute Gasteiger partial charge is 0.265 e. The maximum Gasteiger partial charge on any atom is 0.265 e. The number of hydroxylamine groups is 2. The van der Waals surface area contributed by atoms with Crippen molar-refractivity contribution in [1.29, 1.82) is 0 Å². The Bertz CT molecular complexity index is 1360. The Balaban J connectivity index is 1.33. The second-order valence-electron chi connectivity index (χ2n) is 13.4. The summed E-state index contributed by atoms with van der Waals surface area (Å²) in [7, 11) is 1.59. The van der Waals surface area contributed by atoms with Gasteiger partial charge < -0.3 is 20.3 Å². The average molecular weight is 606 g/mol. The number of hydrogen-bond acceptors (Lipinski definition) is 7. The number of nitrogens with zero attached hydrogens (tertiary/aromatic N) is 2. The van der Waals surface area contributed by atoms with Gasteiger partial charge in [0.1, 0.15) is 12.1 Å². The zero-order valence-corrected chi connectivity index (χ0v) is 26.5. The number of methoxy groups -OCH3 is 1. The summed E-state index contributed by atoms with van der Waals surface area (Å²) in [4.78, 5) is 36.9. The van der Waals surface area contributed by atoms with Crippen LogP contribution in [0.25, 0.3) is 11.1 Å². The van der Waals surface area contributed by atoms with Crippen LogP contribution in [-0.2, 0) is 20.9 Å². The first-order valence-corrected chi connectivity index (χ1v) is 15.8. The van der Waals surface area contributed by atoms with Crippen molar-refractivity contribution in [3.8, 4) is 11.1 Å². The predicted molar refractivity (Wildman–Crippen MR) is 169 cm³/mol. The molecule has 8 atom stereocenters. The van der Waals surface area contributed by atoms with Crippen LogP contribution in [0.5, 0.6) is 0 Å². The summed E-state index contributed by atoms with van der Waals surface area (Å²) < 4.78 is 5.02. The van der Waals surface area contributed by atoms with Crippen LogP contribution in [0.2, 0.25) is 0 Å². The molecule has 1 unspecified atom stereocenters. The molecule has 4 aliphatic rings. The number of carbonyl (C=O) groups is 2. The number of ether oxygens (including phenoxy) is 1. The highest BCUT2D eigenvalue weighted by Crippen LogP contribution is 2.62. The summed E-state index contributed by atoms with van der Waals surface area (Å²) in [6.45, 7) is 9.40. The van der Waals surface area contributed by atoms with Crippen molar-refractivity contribution in [1.82, 2.24) is 10.4 Å². The van der Waals surface area contributed by atoms with Gasteiger partial charge in [-0.25, -0.2) is 4.99 Å². The molecule has 6 rings (SSSR count). The second kappa shape index (κ2) is 13.6. The fourth-order valence-electron chi connectivity index (χ4n) is 7.73. The molecule has 3 saturated carbocycles. The number of rotatable bonds is 11. The molecule has 0 aromatic heterocycles. The van der Waals surface area contributed by atoms with Gasteiger partial charge in [0.25, 0.3) is 11.8 Å². The Kier molecular flexibility index (Phi) is 10.0. The number of hydrogen-bond donors (Lipinski definition) is 3. The van der Waals surface area contributed by atoms with E-state index < -0.39 is 24.2 Å². The summed E-state index contributed by atoms with van der Waals surface area (Å²) in [5, 5.41) is 25.2. The van der Waals surface area contributed by atoms with Crippen LogP contribution in [0.1, 0.15) is 56.5 Å². The van der Waals surface area contributed by atoms with Crippen molar-refractivity contribution in [3.63, 3.8) is 0 Å². The molecule has 2 aromatic carbocycles. The molecular weight excluding hydrogens is 558 g/mol. The third-order valence-corrected chi connectivity index (χ3v) is 10.5. The van der Waals surface area contributed by atoms with E-state index in [1.807, 2.05) is 48.7 Å². The van der Waals surface area contributed by atoms with E-state index >= 15 is 0 Å². The van der Waals surface area contributed by atoms with Crippen molar-refractivity contribution in [3.05, 3.63) is 59.7 Å². The number of aliphatic imine (C=N–C) groups is 1. The van der Waals surface area contributed by atoms with Crippen molar-refractivity contribution in [2.45, 2.75) is 65.3 Å². The van der Waals surface area contributed by atoms with Crippen LogP contribution in [0, 0.1) is 35.0 Å². The quantitative estimate of drug-likeness (QED) is 0.260. The zero-order valence-electron chi connectivity index (χ0n) is 26.5. The van der Waals surface area contributed by atoms with Crippen molar-refractivity contribution in [2.24, 2.45) is 40.0 Å². The van der Waals surface area contributed by atoms with Gasteiger partial charge in [0.2, 0.25) is 0 Å². The molecule has 3 N–H and O–H groups in total. The first kappa shape index (κ1) is 32.4. The fraction of sp³-hybridized carbons (Fsp3) is 0.571. The lowest BCUT2D eigenvalue weighted by atomic mass is 9.43. The van der Waals surface area contributed by atoms with Gasteiger partial charge in [-0.2, -0.15) is 5.06 Å². The molecule has 44 heavy (non-hydrogen) atoms. The highest BCUT2D eigenvalue weighted by atomic mass is 16.7. The van der Waals surface area contributed by atoms with Crippen molar-refractivity contribution < 1.29 is 29.4 Å². The Morgan fingerprint density at radius 3 is 2.57 bits per heavy atom. The molecule has 9 heteroatoms. The maximum atomic E-state index is 13.7. The minimum absolute atomic E-state index is 0.171. The monoisotopic (exact) mass is 605 g/mol. The van der Waals surface area contributed by atoms with Crippen LogP contribution in [-0.4, -0.2) is 78.4 Å². The van der Waals surface area contributed by atoms with E-state index in [1.165, 1.54) is 6.42 Å². The van der Waals surface area contributed by atoms with Gasteiger partial charge in [0, 0.05) is 31.4 Å². The first-order chi connectivity index (χ1) is 21.0. The summed E-state index contributed by atoms with van der Waals surface area (Å²) in [6.07, 6.45) is 2.52. The highest BCUT2D eigenvalue weighted by Gasteiger charge is 2.56. The van der Waals surface area contributed by atoms with Gasteiger partial charge in [0.15, 0.2) is 0 Å². The third kappa shape index (κ3) is 6.53. The summed E-state index contributed by atoms with van der Waals surface area (Å²) in [5.41, 5.74) is 3.57. The average Bonchev–Trinajstić information content (AvgIpc) is 3.39. The molecule has 0 radical (unpaired) electrons. The molecular formula is C35H47N3O6. The van der Waals surface area contributed by atoms with E-state index in [0.29, 0.717) is 41.9 Å². The van der Waals surface area contributed by atoms with Gasteiger partial charge in [-0.05, 0) is 83.7 Å². The number of carbonyl (C=O) groups excluding carboxylic acids is 2. The van der Waals surface area contributed by atoms with Crippen molar-refractivity contribution >= 4 is 18.0 Å². The van der Waals surface area contributed by atoms with E-state index in [1.54, 1.807) is 25.2 Å². The molecule has 1 saturated heterocycles. The van der Waals surface area contributed by atoms with Crippen LogP contribution in [0.3, 0.4) is 0 Å². The minimum atomic E-state index is -0.882. The van der Waals surface area contributed by atoms with E-state index in [2.05, 4.69) is 31.1 Å². The lowest BCUT2D eigenvalue weighted by molar-refractivity contribution is -0.180. The molecule has 1 aliphatic heterocycles. The highest BCUT2D eigenvalue weighted by molar-refractivity contribution is 5.95. The number of fused-ring (bicyclic) bond motifs is 2. The van der Waals surface area contributed by atoms with E-state index in [4.69, 9.17) is 9.57 Å². The number of nitrogens with one attached hydrogen (secondary N) is 1. The molecule has 2 bridgehead atoms. The van der Waals surface area contributed by atoms with E-state index in [0.717, 1.165) is 23.1 Å². The Hall–Kier alpha value is -2.95. The van der Waals surface area contributed by atoms with E-state index in [-0.39, 0.29) is 30.9 Å². The topological polar surface area (TPSA) is 121 Å². The SMILES string of the molecule is COCCNC(=O)c1cccc(-c2cccc(CN3O[C@@H](CO)[C@@H]([C@H](C)O)[C@H]3C(=O)N=CC3C[C@H]4C[C@@H]([C@@H]3C)C4(C)C)c2)c1. The summed E-state index contributed by atoms with van der Waals surface area (Å²) in [5.74, 6) is 0.843. The lowest BCUT2D eigenvalue weighted by Crippen LogP contribution is -2.55. The minimum Gasteiger partial charge on any atom is -0.394 e. The fourth-order valence-corrected chi connectivity index (χ4v) is 7.73. The van der Waals surface area contributed by atoms with Crippen LogP contribution in [0.4, 0.5) is 0 Å². The standard InChI is InChI=1S/C35H47N3O6/c1-21-27(16-28-17-29(21)35(28,3)4)18-37-34(42)32-31(22(2)40)30(20-39)44-38(32)19-23-8-6-9-24(14-23)25-10-7-11-26(15-25)33(41)36-12-13-43-5/h6-11,14-15,18,21-22,27-32,39-40H,12-13,16-17,19-20H2,1-5H3,(H,36,41)/t21-,22+,27?,28+,29+,30+,31-,32+/m1/s1. The normalized spacial score (nSPS) is 30.2. The van der Waals surface area contributed by atoms with Crippen molar-refractivity contribution in [2.75, 3.05) is 26.9 Å². The number of aliphatic hydroxyl groups is 2. The Morgan fingerprint density at radius 2 is 1.91 bits per heavy atom. The van der Waals surface area contributed by atoms with Gasteiger partial charge in [-0.1, -0.05) is 51.1 Å². The molecule has 1 heterocycles. The summed E-state index contributed by atoms with van der Waals surface area (Å²) >= 11 is 0. The van der Waals surface area contributed by atoms with Gasteiger partial charge in [-0.15, -0.1) is 0 Å². The second-order valence-corrected chi connectivity index (χ2v) is 13.4. The van der Waals surface area contributed by atoms with Crippen LogP contribution in [0.15, 0.2) is 53.5 Å². The Labute approximate surface area is 260 Å². The van der Waals surface area contributed by atoms with Gasteiger partial charge >= 0.3 is 0 Å². The molecule has 4 fully saturated rings. The van der Waals surface area contributed by atoms with Gasteiger partial charge in [-0.3, -0.25) is 14.4 Å². The predicted octanol–water partition coefficient (Wildman–Crippen LogP) is 4.12. The largest absolute Gasteiger partial charge is 0.394 e. The zero-order chi connectivity index (χ0) is 31.6. The molecule has 0 spiro atoms. The van der Waals surface area contributed by atoms with E-state index in [9.17, 15) is 19.8 Å².